The molecule has 0 radical (unpaired) electrons. The summed E-state index contributed by atoms with van der Waals surface area (Å²) >= 11 is 0. The summed E-state index contributed by atoms with van der Waals surface area (Å²) in [5.41, 5.74) is 5.11. The van der Waals surface area contributed by atoms with E-state index in [2.05, 4.69) is 42.1 Å². The first kappa shape index (κ1) is 20.8. The molecule has 1 N–H and O–H groups in total. The summed E-state index contributed by atoms with van der Waals surface area (Å²) in [6.07, 6.45) is 1.94. The van der Waals surface area contributed by atoms with Crippen molar-refractivity contribution in [2.75, 3.05) is 13.6 Å². The number of hydrogen-bond acceptors (Lipinski definition) is 4. The number of hydrogen-bond donors (Lipinski definition) is 1. The molecule has 32 heavy (non-hydrogen) atoms. The predicted molar refractivity (Wildman–Crippen MR) is 128 cm³/mol. The van der Waals surface area contributed by atoms with Crippen molar-refractivity contribution in [2.24, 2.45) is 0 Å². The molecular weight excluding hydrogens is 400 g/mol. The van der Waals surface area contributed by atoms with Gasteiger partial charge < -0.3 is 9.72 Å². The van der Waals surface area contributed by atoms with Gasteiger partial charge in [0.1, 0.15) is 11.4 Å². The maximum Gasteiger partial charge on any atom is 0.419 e. The van der Waals surface area contributed by atoms with Crippen LogP contribution in [0.5, 0.6) is 0 Å². The van der Waals surface area contributed by atoms with E-state index in [1.54, 1.807) is 4.57 Å². The fraction of sp³-hybridized carbons (Fsp3) is 0.385. The first-order valence-corrected chi connectivity index (χ1v) is 11.3. The highest BCUT2D eigenvalue weighted by Crippen LogP contribution is 2.33. The van der Waals surface area contributed by atoms with Gasteiger partial charge in [0, 0.05) is 10.9 Å². The molecule has 1 aliphatic heterocycles. The molecule has 3 heterocycles. The number of fused-ring (bicyclic) bond motifs is 2. The summed E-state index contributed by atoms with van der Waals surface area (Å²) in [6.45, 7) is 8.82. The van der Waals surface area contributed by atoms with Crippen LogP contribution in [0.1, 0.15) is 51.0 Å². The number of carbonyl (C=O) groups excluding carboxylic acids is 1. The lowest BCUT2D eigenvalue weighted by molar-refractivity contribution is 0.0547. The van der Waals surface area contributed by atoms with Gasteiger partial charge in [-0.25, -0.2) is 14.3 Å². The molecular formula is C26H30N4O2. The summed E-state index contributed by atoms with van der Waals surface area (Å²) in [5, 5.41) is 1.02. The molecule has 0 amide bonds. The number of nitrogens with zero attached hydrogens (tertiary/aromatic N) is 3. The number of imidazole rings is 1. The molecule has 1 aliphatic rings. The third-order valence-corrected chi connectivity index (χ3v) is 6.17. The van der Waals surface area contributed by atoms with Gasteiger partial charge in [-0.15, -0.1) is 0 Å². The molecule has 2 aromatic carbocycles. The summed E-state index contributed by atoms with van der Waals surface area (Å²) in [5.74, 6) is 1.01. The zero-order valence-corrected chi connectivity index (χ0v) is 19.4. The highest BCUT2D eigenvalue weighted by Gasteiger charge is 2.26. The normalized spacial score (nSPS) is 17.5. The Morgan fingerprint density at radius 1 is 1.16 bits per heavy atom. The Labute approximate surface area is 188 Å². The van der Waals surface area contributed by atoms with Crippen LogP contribution in [0.3, 0.4) is 0 Å². The van der Waals surface area contributed by atoms with Crippen LogP contribution in [0.4, 0.5) is 4.79 Å². The first-order valence-electron chi connectivity index (χ1n) is 11.3. The van der Waals surface area contributed by atoms with Crippen molar-refractivity contribution in [1.29, 1.82) is 0 Å². The average molecular weight is 431 g/mol. The Hall–Kier alpha value is -3.12. The lowest BCUT2D eigenvalue weighted by Crippen LogP contribution is -2.27. The second-order valence-corrected chi connectivity index (χ2v) is 9.90. The van der Waals surface area contributed by atoms with Crippen molar-refractivity contribution in [2.45, 2.75) is 52.2 Å². The van der Waals surface area contributed by atoms with Crippen LogP contribution < -0.4 is 0 Å². The smallest absolute Gasteiger partial charge is 0.419 e. The van der Waals surface area contributed by atoms with Gasteiger partial charge in [0.2, 0.25) is 0 Å². The zero-order valence-electron chi connectivity index (χ0n) is 19.4. The van der Waals surface area contributed by atoms with Crippen LogP contribution >= 0.6 is 0 Å². The maximum absolute atomic E-state index is 13.2. The van der Waals surface area contributed by atoms with Crippen molar-refractivity contribution in [3.63, 3.8) is 0 Å². The minimum atomic E-state index is -0.578. The van der Waals surface area contributed by atoms with E-state index in [0.717, 1.165) is 57.5 Å². The molecule has 0 unspecified atom stereocenters. The first-order chi connectivity index (χ1) is 15.2. The number of benzene rings is 2. The number of aromatic nitrogens is 3. The van der Waals surface area contributed by atoms with Crippen LogP contribution in [0, 0.1) is 6.92 Å². The molecule has 1 saturated heterocycles. The topological polar surface area (TPSA) is 63.2 Å². The molecule has 0 spiro atoms. The molecule has 1 atom stereocenters. The van der Waals surface area contributed by atoms with E-state index < -0.39 is 5.60 Å². The third-order valence-electron chi connectivity index (χ3n) is 6.17. The van der Waals surface area contributed by atoms with Gasteiger partial charge in [-0.2, -0.15) is 0 Å². The average Bonchev–Trinajstić information content (AvgIpc) is 3.41. The number of rotatable bonds is 2. The van der Waals surface area contributed by atoms with E-state index >= 15 is 0 Å². The molecule has 4 aromatic rings. The Bertz CT molecular complexity index is 1330. The summed E-state index contributed by atoms with van der Waals surface area (Å²) < 4.78 is 7.44. The summed E-state index contributed by atoms with van der Waals surface area (Å²) in [4.78, 5) is 23.9. The minimum Gasteiger partial charge on any atom is -0.443 e. The highest BCUT2D eigenvalue weighted by atomic mass is 16.6. The largest absolute Gasteiger partial charge is 0.443 e. The number of carbonyl (C=O) groups is 1. The van der Waals surface area contributed by atoms with Gasteiger partial charge in [0.05, 0.1) is 28.3 Å². The standard InChI is InChI=1S/C26H30N4O2/c1-16-8-11-21-18(13-16)15-23(30(21)25(31)32-26(2,3)4)17-9-10-19-20(14-17)28-24(27-19)22-7-6-12-29(22)5/h8-11,13-15,22H,6-7,12H2,1-5H3,(H,27,28)/t22-/m0/s1. The van der Waals surface area contributed by atoms with Crippen molar-refractivity contribution in [3.05, 3.63) is 53.9 Å². The van der Waals surface area contributed by atoms with E-state index in [-0.39, 0.29) is 6.09 Å². The van der Waals surface area contributed by atoms with Crippen LogP contribution in [-0.2, 0) is 4.74 Å². The fourth-order valence-electron chi connectivity index (χ4n) is 4.65. The number of aromatic amines is 1. The van der Waals surface area contributed by atoms with E-state index in [1.165, 1.54) is 6.42 Å². The van der Waals surface area contributed by atoms with Crippen LogP contribution in [0.15, 0.2) is 42.5 Å². The van der Waals surface area contributed by atoms with Crippen LogP contribution in [0.2, 0.25) is 0 Å². The van der Waals surface area contributed by atoms with Crippen LogP contribution in [0.25, 0.3) is 33.2 Å². The van der Waals surface area contributed by atoms with Crippen molar-refractivity contribution in [3.8, 4) is 11.3 Å². The molecule has 0 saturated carbocycles. The van der Waals surface area contributed by atoms with E-state index in [1.807, 2.05) is 45.0 Å². The molecule has 5 rings (SSSR count). The molecule has 1 fully saturated rings. The third kappa shape index (κ3) is 3.69. The molecule has 0 bridgehead atoms. The van der Waals surface area contributed by atoms with Crippen LogP contribution in [-0.4, -0.2) is 44.7 Å². The van der Waals surface area contributed by atoms with Gasteiger partial charge in [-0.1, -0.05) is 17.7 Å². The van der Waals surface area contributed by atoms with Crippen molar-refractivity contribution < 1.29 is 9.53 Å². The molecule has 6 heteroatoms. The lowest BCUT2D eigenvalue weighted by Gasteiger charge is -2.21. The quantitative estimate of drug-likeness (QED) is 0.421. The fourth-order valence-corrected chi connectivity index (χ4v) is 4.65. The maximum atomic E-state index is 13.2. The number of ether oxygens (including phenoxy) is 1. The van der Waals surface area contributed by atoms with Gasteiger partial charge in [0.25, 0.3) is 0 Å². The predicted octanol–water partition coefficient (Wildman–Crippen LogP) is 6.04. The van der Waals surface area contributed by atoms with Gasteiger partial charge in [-0.05, 0) is 84.5 Å². The lowest BCUT2D eigenvalue weighted by atomic mass is 10.1. The van der Waals surface area contributed by atoms with Gasteiger partial charge in [-0.3, -0.25) is 4.90 Å². The molecule has 166 valence electrons. The highest BCUT2D eigenvalue weighted by molar-refractivity contribution is 5.97. The second-order valence-electron chi connectivity index (χ2n) is 9.90. The van der Waals surface area contributed by atoms with Gasteiger partial charge >= 0.3 is 6.09 Å². The number of nitrogens with one attached hydrogen (secondary N) is 1. The number of likely N-dealkylation sites (tertiary alicyclic amines) is 1. The minimum absolute atomic E-state index is 0.335. The SMILES string of the molecule is Cc1ccc2c(c1)cc(-c1ccc3nc([C@@H]4CCCN4C)[nH]c3c1)n2C(=O)OC(C)(C)C. The van der Waals surface area contributed by atoms with Crippen molar-refractivity contribution in [1.82, 2.24) is 19.4 Å². The number of aryl methyl sites for hydroxylation is 1. The Balaban J connectivity index is 1.63. The zero-order chi connectivity index (χ0) is 22.6. The van der Waals surface area contributed by atoms with E-state index in [9.17, 15) is 4.79 Å². The second kappa shape index (κ2) is 7.48. The van der Waals surface area contributed by atoms with E-state index in [0.29, 0.717) is 6.04 Å². The summed E-state index contributed by atoms with van der Waals surface area (Å²) in [6, 6.07) is 14.7. The monoisotopic (exact) mass is 430 g/mol. The number of H-pyrrole nitrogens is 1. The Kier molecular flexibility index (Phi) is 4.86. The molecule has 0 aliphatic carbocycles. The molecule has 6 nitrogen and oxygen atoms in total. The summed E-state index contributed by atoms with van der Waals surface area (Å²) in [7, 11) is 2.15. The Morgan fingerprint density at radius 3 is 2.69 bits per heavy atom. The van der Waals surface area contributed by atoms with Gasteiger partial charge in [0.15, 0.2) is 0 Å². The van der Waals surface area contributed by atoms with Crippen molar-refractivity contribution >= 4 is 28.0 Å². The van der Waals surface area contributed by atoms with E-state index in [4.69, 9.17) is 9.72 Å². The Morgan fingerprint density at radius 2 is 1.97 bits per heavy atom. The molecule has 2 aromatic heterocycles.